The van der Waals surface area contributed by atoms with Crippen molar-refractivity contribution in [3.05, 3.63) is 18.1 Å². The minimum absolute atomic E-state index is 0.128. The molecule has 10 heteroatoms. The normalized spacial score (nSPS) is 18.9. The third-order valence-corrected chi connectivity index (χ3v) is 3.54. The molecule has 0 spiro atoms. The number of hydrogen-bond donors (Lipinski definition) is 0. The van der Waals surface area contributed by atoms with Crippen LogP contribution in [0.3, 0.4) is 0 Å². The molecular weight excluding hydrogens is 303 g/mol. The van der Waals surface area contributed by atoms with Gasteiger partial charge in [0.25, 0.3) is 5.78 Å². The highest BCUT2D eigenvalue weighted by atomic mass is 19.4. The second-order valence-corrected chi connectivity index (χ2v) is 4.84. The van der Waals surface area contributed by atoms with Crippen LogP contribution in [0.15, 0.2) is 12.4 Å². The van der Waals surface area contributed by atoms with Crippen molar-refractivity contribution in [1.29, 1.82) is 0 Å². The molecule has 3 rings (SSSR count). The SMILES string of the molecule is COC(=O)[C@@H]1CCCN1c1cc(C(F)(F)F)nc2ncnn12. The highest BCUT2D eigenvalue weighted by molar-refractivity contribution is 5.80. The zero-order valence-corrected chi connectivity index (χ0v) is 11.5. The fraction of sp³-hybridized carbons (Fsp3) is 0.500. The molecule has 22 heavy (non-hydrogen) atoms. The van der Waals surface area contributed by atoms with Gasteiger partial charge in [0.2, 0.25) is 0 Å². The zero-order chi connectivity index (χ0) is 15.9. The molecule has 3 heterocycles. The second kappa shape index (κ2) is 5.11. The Balaban J connectivity index is 2.13. The van der Waals surface area contributed by atoms with Gasteiger partial charge in [0.1, 0.15) is 18.2 Å². The molecule has 1 aliphatic rings. The highest BCUT2D eigenvalue weighted by Crippen LogP contribution is 2.33. The summed E-state index contributed by atoms with van der Waals surface area (Å²) in [6, 6.07) is 0.240. The van der Waals surface area contributed by atoms with Crippen molar-refractivity contribution >= 4 is 17.6 Å². The molecule has 0 aromatic carbocycles. The molecule has 2 aromatic heterocycles. The van der Waals surface area contributed by atoms with Crippen LogP contribution in [0, 0.1) is 0 Å². The minimum Gasteiger partial charge on any atom is -0.467 e. The first-order chi connectivity index (χ1) is 10.4. The van der Waals surface area contributed by atoms with Gasteiger partial charge in [-0.25, -0.2) is 9.78 Å². The van der Waals surface area contributed by atoms with Gasteiger partial charge in [0, 0.05) is 12.6 Å². The molecule has 0 aliphatic carbocycles. The van der Waals surface area contributed by atoms with Gasteiger partial charge in [0.05, 0.1) is 7.11 Å². The number of alkyl halides is 3. The Morgan fingerprint density at radius 3 is 2.91 bits per heavy atom. The van der Waals surface area contributed by atoms with Gasteiger partial charge in [-0.1, -0.05) is 0 Å². The van der Waals surface area contributed by atoms with Crippen molar-refractivity contribution in [2.75, 3.05) is 18.6 Å². The smallest absolute Gasteiger partial charge is 0.433 e. The van der Waals surface area contributed by atoms with Crippen LogP contribution in [0.4, 0.5) is 19.0 Å². The highest BCUT2D eigenvalue weighted by Gasteiger charge is 2.38. The first-order valence-corrected chi connectivity index (χ1v) is 6.54. The van der Waals surface area contributed by atoms with Crippen LogP contribution in [0.5, 0.6) is 0 Å². The summed E-state index contributed by atoms with van der Waals surface area (Å²) in [5, 5.41) is 3.89. The Kier molecular flexibility index (Phi) is 3.38. The quantitative estimate of drug-likeness (QED) is 0.778. The number of ether oxygens (including phenoxy) is 1. The predicted molar refractivity (Wildman–Crippen MR) is 68.2 cm³/mol. The maximum Gasteiger partial charge on any atom is 0.433 e. The molecule has 0 radical (unpaired) electrons. The average Bonchev–Trinajstić information content (AvgIpc) is 3.12. The van der Waals surface area contributed by atoms with E-state index in [2.05, 4.69) is 15.1 Å². The molecular formula is C12H12F3N5O2. The molecule has 1 fully saturated rings. The number of methoxy groups -OCH3 is 1. The lowest BCUT2D eigenvalue weighted by Crippen LogP contribution is -2.38. The van der Waals surface area contributed by atoms with Gasteiger partial charge in [-0.05, 0) is 12.8 Å². The number of esters is 1. The molecule has 0 N–H and O–H groups in total. The molecule has 0 bridgehead atoms. The number of hydrogen-bond acceptors (Lipinski definition) is 6. The zero-order valence-electron chi connectivity index (χ0n) is 11.5. The molecule has 0 saturated carbocycles. The van der Waals surface area contributed by atoms with Crippen molar-refractivity contribution < 1.29 is 22.7 Å². The lowest BCUT2D eigenvalue weighted by Gasteiger charge is -2.25. The Morgan fingerprint density at radius 1 is 1.45 bits per heavy atom. The molecule has 118 valence electrons. The van der Waals surface area contributed by atoms with Gasteiger partial charge < -0.3 is 9.64 Å². The number of halogens is 3. The van der Waals surface area contributed by atoms with E-state index in [1.54, 1.807) is 4.90 Å². The number of carbonyl (C=O) groups excluding carboxylic acids is 1. The van der Waals surface area contributed by atoms with Gasteiger partial charge in [0.15, 0.2) is 5.69 Å². The van der Waals surface area contributed by atoms with Crippen molar-refractivity contribution in [1.82, 2.24) is 19.6 Å². The maximum absolute atomic E-state index is 13.0. The van der Waals surface area contributed by atoms with E-state index < -0.39 is 23.9 Å². The van der Waals surface area contributed by atoms with Crippen molar-refractivity contribution in [2.24, 2.45) is 0 Å². The van der Waals surface area contributed by atoms with Gasteiger partial charge >= 0.3 is 12.1 Å². The van der Waals surface area contributed by atoms with E-state index in [-0.39, 0.29) is 11.6 Å². The van der Waals surface area contributed by atoms with Crippen LogP contribution >= 0.6 is 0 Å². The Morgan fingerprint density at radius 2 is 2.23 bits per heavy atom. The van der Waals surface area contributed by atoms with Crippen molar-refractivity contribution in [3.63, 3.8) is 0 Å². The van der Waals surface area contributed by atoms with Crippen molar-refractivity contribution in [3.8, 4) is 0 Å². The Labute approximate surface area is 122 Å². The summed E-state index contributed by atoms with van der Waals surface area (Å²) in [5.41, 5.74) is -1.07. The summed E-state index contributed by atoms with van der Waals surface area (Å²) < 4.78 is 44.8. The standard InChI is InChI=1S/C12H12F3N5O2/c1-22-10(21)7-3-2-4-19(7)9-5-8(12(13,14)15)18-11-16-6-17-20(9)11/h5-7H,2-4H2,1H3/t7-/m0/s1. The number of fused-ring (bicyclic) bond motifs is 1. The van der Waals surface area contributed by atoms with E-state index >= 15 is 0 Å². The maximum atomic E-state index is 13.0. The first-order valence-electron chi connectivity index (χ1n) is 6.54. The van der Waals surface area contributed by atoms with E-state index in [4.69, 9.17) is 4.74 Å². The molecule has 1 atom stereocenters. The third-order valence-electron chi connectivity index (χ3n) is 3.54. The summed E-state index contributed by atoms with van der Waals surface area (Å²) in [6.45, 7) is 0.427. The van der Waals surface area contributed by atoms with E-state index in [0.717, 1.165) is 12.4 Å². The lowest BCUT2D eigenvalue weighted by molar-refractivity contribution is -0.142. The summed E-state index contributed by atoms with van der Waals surface area (Å²) in [4.78, 5) is 20.5. The summed E-state index contributed by atoms with van der Waals surface area (Å²) >= 11 is 0. The topological polar surface area (TPSA) is 72.6 Å². The average molecular weight is 315 g/mol. The Hall–Kier alpha value is -2.39. The summed E-state index contributed by atoms with van der Waals surface area (Å²) in [6.07, 6.45) is -2.32. The van der Waals surface area contributed by atoms with E-state index in [1.165, 1.54) is 11.6 Å². The first kappa shape index (κ1) is 14.5. The predicted octanol–water partition coefficient (Wildman–Crippen LogP) is 1.28. The van der Waals surface area contributed by atoms with E-state index in [9.17, 15) is 18.0 Å². The van der Waals surface area contributed by atoms with E-state index in [0.29, 0.717) is 19.4 Å². The molecule has 1 saturated heterocycles. The number of rotatable bonds is 2. The van der Waals surface area contributed by atoms with Crippen LogP contribution in [0.2, 0.25) is 0 Å². The number of aromatic nitrogens is 4. The lowest BCUT2D eigenvalue weighted by atomic mass is 10.2. The van der Waals surface area contributed by atoms with Gasteiger partial charge in [-0.3, -0.25) is 0 Å². The number of anilines is 1. The van der Waals surface area contributed by atoms with Crippen molar-refractivity contribution in [2.45, 2.75) is 25.1 Å². The molecule has 7 nitrogen and oxygen atoms in total. The van der Waals surface area contributed by atoms with Crippen LogP contribution in [-0.4, -0.2) is 45.2 Å². The summed E-state index contributed by atoms with van der Waals surface area (Å²) in [7, 11) is 1.25. The van der Waals surface area contributed by atoms with E-state index in [1.807, 2.05) is 0 Å². The third kappa shape index (κ3) is 2.34. The molecule has 0 amide bonds. The number of carbonyl (C=O) groups is 1. The van der Waals surface area contributed by atoms with Crippen LogP contribution in [0.1, 0.15) is 18.5 Å². The van der Waals surface area contributed by atoms with Gasteiger partial charge in [-0.2, -0.15) is 27.8 Å². The summed E-state index contributed by atoms with van der Waals surface area (Å²) in [5.74, 6) is -0.529. The number of nitrogens with zero attached hydrogens (tertiary/aromatic N) is 5. The molecule has 1 aliphatic heterocycles. The molecule has 0 unspecified atom stereocenters. The largest absolute Gasteiger partial charge is 0.467 e. The monoisotopic (exact) mass is 315 g/mol. The van der Waals surface area contributed by atoms with Crippen LogP contribution < -0.4 is 4.90 Å². The minimum atomic E-state index is -4.61. The van der Waals surface area contributed by atoms with Crippen LogP contribution in [-0.2, 0) is 15.7 Å². The molecule has 2 aromatic rings. The second-order valence-electron chi connectivity index (χ2n) is 4.84. The van der Waals surface area contributed by atoms with Gasteiger partial charge in [-0.15, -0.1) is 0 Å². The fourth-order valence-electron chi connectivity index (χ4n) is 2.57. The van der Waals surface area contributed by atoms with Crippen LogP contribution in [0.25, 0.3) is 5.78 Å². The fourth-order valence-corrected chi connectivity index (χ4v) is 2.57. The Bertz CT molecular complexity index is 714.